The van der Waals surface area contributed by atoms with Crippen LogP contribution in [0, 0.1) is 0 Å². The van der Waals surface area contributed by atoms with Gasteiger partial charge in [-0.2, -0.15) is 0 Å². The number of halogens is 1. The third kappa shape index (κ3) is 1.90. The molecule has 3 heteroatoms. The molecule has 0 amide bonds. The summed E-state index contributed by atoms with van der Waals surface area (Å²) in [6.45, 7) is 0. The van der Waals surface area contributed by atoms with E-state index >= 15 is 0 Å². The second kappa shape index (κ2) is 3.99. The molecule has 2 unspecified atom stereocenters. The first-order chi connectivity index (χ1) is 6.31. The van der Waals surface area contributed by atoms with Gasteiger partial charge in [0.2, 0.25) is 0 Å². The van der Waals surface area contributed by atoms with E-state index in [1.165, 1.54) is 24.1 Å². The van der Waals surface area contributed by atoms with Gasteiger partial charge < -0.3 is 5.32 Å². The summed E-state index contributed by atoms with van der Waals surface area (Å²) in [6.07, 6.45) is 3.95. The van der Waals surface area contributed by atoms with Crippen molar-refractivity contribution in [2.45, 2.75) is 31.2 Å². The molecule has 1 aromatic heterocycles. The summed E-state index contributed by atoms with van der Waals surface area (Å²) in [6, 6.07) is 4.84. The summed E-state index contributed by atoms with van der Waals surface area (Å²) < 4.78 is 0.914. The zero-order chi connectivity index (χ0) is 9.26. The summed E-state index contributed by atoms with van der Waals surface area (Å²) in [5.74, 6) is 0.697. The van der Waals surface area contributed by atoms with Crippen molar-refractivity contribution >= 4 is 22.9 Å². The molecule has 0 aliphatic heterocycles. The molecule has 0 radical (unpaired) electrons. The Balaban J connectivity index is 2.15. The predicted octanol–water partition coefficient (Wildman–Crippen LogP) is 3.26. The number of rotatable bonds is 2. The fraction of sp³-hybridized carbons (Fsp3) is 0.600. The van der Waals surface area contributed by atoms with Gasteiger partial charge in [-0.15, -0.1) is 11.3 Å². The molecule has 1 saturated carbocycles. The zero-order valence-corrected chi connectivity index (χ0v) is 9.29. The Morgan fingerprint density at radius 2 is 2.31 bits per heavy atom. The highest BCUT2D eigenvalue weighted by Gasteiger charge is 2.28. The number of thiophene rings is 1. The molecule has 72 valence electrons. The Labute approximate surface area is 88.1 Å². The lowest BCUT2D eigenvalue weighted by Crippen LogP contribution is -2.26. The summed E-state index contributed by atoms with van der Waals surface area (Å²) in [7, 11) is 2.05. The molecule has 0 aromatic carbocycles. The molecular formula is C10H14ClNS. The van der Waals surface area contributed by atoms with Crippen LogP contribution >= 0.6 is 22.9 Å². The standard InChI is InChI=1S/C10H14ClNS/c1-12-8-4-2-3-7(8)9-5-6-10(11)13-9/h5-8,12H,2-4H2,1H3. The average Bonchev–Trinajstić information content (AvgIpc) is 2.71. The van der Waals surface area contributed by atoms with Gasteiger partial charge in [0.05, 0.1) is 4.34 Å². The normalized spacial score (nSPS) is 28.2. The van der Waals surface area contributed by atoms with Crippen LogP contribution in [0.15, 0.2) is 12.1 Å². The van der Waals surface area contributed by atoms with Crippen LogP contribution in [0.3, 0.4) is 0 Å². The van der Waals surface area contributed by atoms with Crippen LogP contribution in [0.2, 0.25) is 4.34 Å². The molecule has 1 aromatic rings. The van der Waals surface area contributed by atoms with Crippen LogP contribution in [-0.2, 0) is 0 Å². The zero-order valence-electron chi connectivity index (χ0n) is 7.72. The maximum atomic E-state index is 5.93. The van der Waals surface area contributed by atoms with E-state index in [9.17, 15) is 0 Å². The maximum absolute atomic E-state index is 5.93. The first-order valence-corrected chi connectivity index (χ1v) is 5.93. The average molecular weight is 216 g/mol. The van der Waals surface area contributed by atoms with Gasteiger partial charge in [0, 0.05) is 16.8 Å². The van der Waals surface area contributed by atoms with Crippen LogP contribution in [0.5, 0.6) is 0 Å². The third-order valence-electron chi connectivity index (χ3n) is 2.85. The smallest absolute Gasteiger partial charge is 0.0931 e. The van der Waals surface area contributed by atoms with E-state index in [1.54, 1.807) is 11.3 Å². The van der Waals surface area contributed by atoms with Crippen molar-refractivity contribution in [3.8, 4) is 0 Å². The number of nitrogens with one attached hydrogen (secondary N) is 1. The molecule has 1 aliphatic rings. The minimum atomic E-state index is 0.662. The Hall–Kier alpha value is -0.0500. The van der Waals surface area contributed by atoms with Crippen molar-refractivity contribution in [3.63, 3.8) is 0 Å². The van der Waals surface area contributed by atoms with Crippen LogP contribution in [0.4, 0.5) is 0 Å². The molecule has 1 aliphatic carbocycles. The molecule has 13 heavy (non-hydrogen) atoms. The number of hydrogen-bond donors (Lipinski definition) is 1. The SMILES string of the molecule is CNC1CCCC1c1ccc(Cl)s1. The number of likely N-dealkylation sites (N-methyl/N-ethyl adjacent to an activating group) is 1. The van der Waals surface area contributed by atoms with Crippen molar-refractivity contribution in [2.75, 3.05) is 7.05 Å². The first-order valence-electron chi connectivity index (χ1n) is 4.74. The molecular weight excluding hydrogens is 202 g/mol. The van der Waals surface area contributed by atoms with Crippen LogP contribution in [0.25, 0.3) is 0 Å². The summed E-state index contributed by atoms with van der Waals surface area (Å²) in [5, 5.41) is 3.39. The van der Waals surface area contributed by atoms with Crippen molar-refractivity contribution in [1.29, 1.82) is 0 Å². The van der Waals surface area contributed by atoms with Gasteiger partial charge >= 0.3 is 0 Å². The van der Waals surface area contributed by atoms with Crippen molar-refractivity contribution in [3.05, 3.63) is 21.3 Å². The first kappa shape index (κ1) is 9.50. The van der Waals surface area contributed by atoms with Gasteiger partial charge in [-0.1, -0.05) is 18.0 Å². The van der Waals surface area contributed by atoms with Crippen molar-refractivity contribution < 1.29 is 0 Å². The Kier molecular flexibility index (Phi) is 2.92. The van der Waals surface area contributed by atoms with E-state index in [2.05, 4.69) is 18.4 Å². The largest absolute Gasteiger partial charge is 0.316 e. The molecule has 0 spiro atoms. The molecule has 2 rings (SSSR count). The fourth-order valence-corrected chi connectivity index (χ4v) is 3.43. The summed E-state index contributed by atoms with van der Waals surface area (Å²) in [4.78, 5) is 1.45. The minimum absolute atomic E-state index is 0.662. The van der Waals surface area contributed by atoms with E-state index in [-0.39, 0.29) is 0 Å². The lowest BCUT2D eigenvalue weighted by atomic mass is 10.0. The molecule has 1 heterocycles. The van der Waals surface area contributed by atoms with Gasteiger partial charge in [0.1, 0.15) is 0 Å². The van der Waals surface area contributed by atoms with E-state index in [1.807, 2.05) is 6.07 Å². The Morgan fingerprint density at radius 3 is 2.92 bits per heavy atom. The molecule has 0 saturated heterocycles. The second-order valence-corrected chi connectivity index (χ2v) is 5.32. The highest BCUT2D eigenvalue weighted by Crippen LogP contribution is 2.38. The minimum Gasteiger partial charge on any atom is -0.316 e. The summed E-state index contributed by atoms with van der Waals surface area (Å²) in [5.41, 5.74) is 0. The molecule has 2 atom stereocenters. The predicted molar refractivity (Wildman–Crippen MR) is 58.8 cm³/mol. The van der Waals surface area contributed by atoms with E-state index in [4.69, 9.17) is 11.6 Å². The van der Waals surface area contributed by atoms with Crippen LogP contribution in [0.1, 0.15) is 30.1 Å². The Morgan fingerprint density at radius 1 is 1.46 bits per heavy atom. The molecule has 1 nitrogen and oxygen atoms in total. The highest BCUT2D eigenvalue weighted by molar-refractivity contribution is 7.16. The van der Waals surface area contributed by atoms with E-state index < -0.39 is 0 Å². The van der Waals surface area contributed by atoms with Crippen LogP contribution < -0.4 is 5.32 Å². The fourth-order valence-electron chi connectivity index (χ4n) is 2.17. The third-order valence-corrected chi connectivity index (χ3v) is 4.21. The summed E-state index contributed by atoms with van der Waals surface area (Å²) >= 11 is 7.66. The molecule has 1 fully saturated rings. The lowest BCUT2D eigenvalue weighted by Gasteiger charge is -2.16. The van der Waals surface area contributed by atoms with Gasteiger partial charge in [-0.05, 0) is 32.0 Å². The van der Waals surface area contributed by atoms with Gasteiger partial charge in [-0.25, -0.2) is 0 Å². The topological polar surface area (TPSA) is 12.0 Å². The van der Waals surface area contributed by atoms with Crippen LogP contribution in [-0.4, -0.2) is 13.1 Å². The van der Waals surface area contributed by atoms with E-state index in [0.29, 0.717) is 12.0 Å². The maximum Gasteiger partial charge on any atom is 0.0931 e. The lowest BCUT2D eigenvalue weighted by molar-refractivity contribution is 0.527. The molecule has 0 bridgehead atoms. The monoisotopic (exact) mass is 215 g/mol. The van der Waals surface area contributed by atoms with Crippen molar-refractivity contribution in [2.24, 2.45) is 0 Å². The highest BCUT2D eigenvalue weighted by atomic mass is 35.5. The van der Waals surface area contributed by atoms with Crippen molar-refractivity contribution in [1.82, 2.24) is 5.32 Å². The van der Waals surface area contributed by atoms with E-state index in [0.717, 1.165) is 4.34 Å². The van der Waals surface area contributed by atoms with Gasteiger partial charge in [-0.3, -0.25) is 0 Å². The molecule has 1 N–H and O–H groups in total. The Bertz CT molecular complexity index is 284. The van der Waals surface area contributed by atoms with Gasteiger partial charge in [0.15, 0.2) is 0 Å². The number of hydrogen-bond acceptors (Lipinski definition) is 2. The van der Waals surface area contributed by atoms with Gasteiger partial charge in [0.25, 0.3) is 0 Å². The quantitative estimate of drug-likeness (QED) is 0.799. The second-order valence-electron chi connectivity index (χ2n) is 3.57.